The van der Waals surface area contributed by atoms with Crippen LogP contribution in [-0.4, -0.2) is 30.2 Å². The summed E-state index contributed by atoms with van der Waals surface area (Å²) >= 11 is 6.33. The predicted octanol–water partition coefficient (Wildman–Crippen LogP) is 4.07. The number of hydrogen-bond donors (Lipinski definition) is 0. The van der Waals surface area contributed by atoms with Crippen molar-refractivity contribution in [2.24, 2.45) is 0 Å². The van der Waals surface area contributed by atoms with Gasteiger partial charge >= 0.3 is 6.09 Å². The van der Waals surface area contributed by atoms with Crippen LogP contribution >= 0.6 is 11.6 Å². The Hall–Kier alpha value is -2.04. The summed E-state index contributed by atoms with van der Waals surface area (Å²) < 4.78 is 5.29. The number of anilines is 1. The standard InChI is InChI=1S/C19H19ClN2O2/c20-17-7-3-1-5-14(17)11-21-10-9-16-13-24-19(23)22(16)18-8-4-2-6-15(18)12-21/h1-8,16H,9-13H2. The van der Waals surface area contributed by atoms with E-state index in [0.29, 0.717) is 6.61 Å². The van der Waals surface area contributed by atoms with Crippen molar-refractivity contribution in [1.82, 2.24) is 4.90 Å². The van der Waals surface area contributed by atoms with E-state index in [4.69, 9.17) is 16.3 Å². The number of carbonyl (C=O) groups is 1. The topological polar surface area (TPSA) is 32.8 Å². The summed E-state index contributed by atoms with van der Waals surface area (Å²) in [5, 5.41) is 0.800. The normalized spacial score (nSPS) is 20.8. The number of rotatable bonds is 2. The Morgan fingerprint density at radius 1 is 1.12 bits per heavy atom. The molecule has 2 aromatic rings. The van der Waals surface area contributed by atoms with Crippen molar-refractivity contribution in [3.05, 3.63) is 64.7 Å². The van der Waals surface area contributed by atoms with Crippen molar-refractivity contribution in [1.29, 1.82) is 0 Å². The van der Waals surface area contributed by atoms with E-state index in [1.165, 1.54) is 0 Å². The number of carbonyl (C=O) groups excluding carboxylic acids is 1. The van der Waals surface area contributed by atoms with Crippen molar-refractivity contribution in [3.63, 3.8) is 0 Å². The minimum absolute atomic E-state index is 0.104. The second kappa shape index (κ2) is 6.46. The van der Waals surface area contributed by atoms with Crippen LogP contribution in [0.25, 0.3) is 0 Å². The van der Waals surface area contributed by atoms with E-state index >= 15 is 0 Å². The van der Waals surface area contributed by atoms with Crippen molar-refractivity contribution in [2.45, 2.75) is 25.6 Å². The van der Waals surface area contributed by atoms with Crippen LogP contribution in [0.1, 0.15) is 17.5 Å². The van der Waals surface area contributed by atoms with Crippen molar-refractivity contribution < 1.29 is 9.53 Å². The van der Waals surface area contributed by atoms with E-state index < -0.39 is 0 Å². The Labute approximate surface area is 146 Å². The van der Waals surface area contributed by atoms with Crippen molar-refractivity contribution in [3.8, 4) is 0 Å². The molecule has 24 heavy (non-hydrogen) atoms. The van der Waals surface area contributed by atoms with Gasteiger partial charge in [0.2, 0.25) is 0 Å². The van der Waals surface area contributed by atoms with Gasteiger partial charge in [-0.1, -0.05) is 48.0 Å². The van der Waals surface area contributed by atoms with Gasteiger partial charge < -0.3 is 4.74 Å². The zero-order valence-electron chi connectivity index (χ0n) is 13.3. The van der Waals surface area contributed by atoms with Gasteiger partial charge in [0.15, 0.2) is 0 Å². The average molecular weight is 343 g/mol. The number of para-hydroxylation sites is 1. The third-order valence-electron chi connectivity index (χ3n) is 4.74. The van der Waals surface area contributed by atoms with Gasteiger partial charge in [-0.15, -0.1) is 0 Å². The van der Waals surface area contributed by atoms with Crippen LogP contribution in [0.4, 0.5) is 10.5 Å². The monoisotopic (exact) mass is 342 g/mol. The van der Waals surface area contributed by atoms with Crippen LogP contribution in [0.3, 0.4) is 0 Å². The number of hydrogen-bond acceptors (Lipinski definition) is 3. The molecular weight excluding hydrogens is 324 g/mol. The number of amides is 1. The third kappa shape index (κ3) is 2.87. The van der Waals surface area contributed by atoms with Gasteiger partial charge in [-0.25, -0.2) is 4.79 Å². The van der Waals surface area contributed by atoms with E-state index in [1.807, 2.05) is 41.3 Å². The summed E-state index contributed by atoms with van der Waals surface area (Å²) in [6.07, 6.45) is 0.664. The highest BCUT2D eigenvalue weighted by Crippen LogP contribution is 2.32. The van der Waals surface area contributed by atoms with Gasteiger partial charge in [0.05, 0.1) is 11.7 Å². The summed E-state index contributed by atoms with van der Waals surface area (Å²) in [6, 6.07) is 16.2. The summed E-state index contributed by atoms with van der Waals surface area (Å²) in [5.41, 5.74) is 3.25. The molecule has 4 rings (SSSR count). The second-order valence-electron chi connectivity index (χ2n) is 6.32. The second-order valence-corrected chi connectivity index (χ2v) is 6.73. The molecule has 1 unspecified atom stereocenters. The quantitative estimate of drug-likeness (QED) is 0.824. The Bertz CT molecular complexity index is 765. The maximum absolute atomic E-state index is 12.1. The molecule has 5 heteroatoms. The van der Waals surface area contributed by atoms with Crippen LogP contribution in [-0.2, 0) is 17.8 Å². The number of ether oxygens (including phenoxy) is 1. The van der Waals surface area contributed by atoms with Crippen LogP contribution in [0.5, 0.6) is 0 Å². The van der Waals surface area contributed by atoms with Gasteiger partial charge in [-0.2, -0.15) is 0 Å². The highest BCUT2D eigenvalue weighted by atomic mass is 35.5. The summed E-state index contributed by atoms with van der Waals surface area (Å²) in [7, 11) is 0. The molecule has 124 valence electrons. The zero-order chi connectivity index (χ0) is 16.5. The maximum atomic E-state index is 12.1. The number of halogens is 1. The summed E-state index contributed by atoms with van der Waals surface area (Å²) in [6.45, 7) is 2.96. The fourth-order valence-corrected chi connectivity index (χ4v) is 3.70. The largest absolute Gasteiger partial charge is 0.447 e. The molecule has 2 aromatic carbocycles. The first kappa shape index (κ1) is 15.5. The molecule has 2 aliphatic rings. The minimum Gasteiger partial charge on any atom is -0.447 e. The molecule has 0 aromatic heterocycles. The zero-order valence-corrected chi connectivity index (χ0v) is 14.1. The molecule has 0 bridgehead atoms. The fourth-order valence-electron chi connectivity index (χ4n) is 3.50. The lowest BCUT2D eigenvalue weighted by atomic mass is 10.0. The maximum Gasteiger partial charge on any atom is 0.414 e. The molecule has 0 N–H and O–H groups in total. The number of nitrogens with zero attached hydrogens (tertiary/aromatic N) is 2. The highest BCUT2D eigenvalue weighted by Gasteiger charge is 2.36. The lowest BCUT2D eigenvalue weighted by Gasteiger charge is -2.32. The molecule has 0 aliphatic carbocycles. The smallest absolute Gasteiger partial charge is 0.414 e. The molecule has 0 saturated carbocycles. The first-order valence-electron chi connectivity index (χ1n) is 8.22. The molecule has 0 radical (unpaired) electrons. The minimum atomic E-state index is -0.230. The molecule has 0 spiro atoms. The first-order valence-corrected chi connectivity index (χ1v) is 8.60. The highest BCUT2D eigenvalue weighted by molar-refractivity contribution is 6.31. The lowest BCUT2D eigenvalue weighted by molar-refractivity contribution is 0.177. The Morgan fingerprint density at radius 3 is 2.79 bits per heavy atom. The van der Waals surface area contributed by atoms with Gasteiger partial charge in [0.1, 0.15) is 6.61 Å². The van der Waals surface area contributed by atoms with Crippen LogP contribution in [0.15, 0.2) is 48.5 Å². The summed E-state index contributed by atoms with van der Waals surface area (Å²) in [4.78, 5) is 16.3. The Balaban J connectivity index is 1.64. The van der Waals surface area contributed by atoms with Gasteiger partial charge in [-0.3, -0.25) is 9.80 Å². The Morgan fingerprint density at radius 2 is 1.92 bits per heavy atom. The van der Waals surface area contributed by atoms with E-state index in [0.717, 1.165) is 47.9 Å². The van der Waals surface area contributed by atoms with Crippen LogP contribution in [0, 0.1) is 0 Å². The molecule has 1 atom stereocenters. The fraction of sp³-hybridized carbons (Fsp3) is 0.316. The molecule has 1 saturated heterocycles. The van der Waals surface area contributed by atoms with Gasteiger partial charge in [0.25, 0.3) is 0 Å². The van der Waals surface area contributed by atoms with Crippen molar-refractivity contribution in [2.75, 3.05) is 18.1 Å². The number of fused-ring (bicyclic) bond motifs is 3. The van der Waals surface area contributed by atoms with Crippen LogP contribution in [0.2, 0.25) is 5.02 Å². The van der Waals surface area contributed by atoms with Gasteiger partial charge in [-0.05, 0) is 29.7 Å². The molecular formula is C19H19ClN2O2. The Kier molecular flexibility index (Phi) is 4.17. The third-order valence-corrected chi connectivity index (χ3v) is 5.11. The van der Waals surface area contributed by atoms with E-state index in [1.54, 1.807) is 0 Å². The van der Waals surface area contributed by atoms with E-state index in [-0.39, 0.29) is 12.1 Å². The molecule has 4 nitrogen and oxygen atoms in total. The van der Waals surface area contributed by atoms with Crippen LogP contribution < -0.4 is 4.90 Å². The van der Waals surface area contributed by atoms with E-state index in [9.17, 15) is 4.79 Å². The SMILES string of the molecule is O=C1OCC2CCN(Cc3ccccc3Cl)Cc3ccccc3N12. The molecule has 1 fully saturated rings. The first-order chi connectivity index (χ1) is 11.7. The predicted molar refractivity (Wildman–Crippen MR) is 94.2 cm³/mol. The van der Waals surface area contributed by atoms with Gasteiger partial charge in [0, 0.05) is 24.7 Å². The average Bonchev–Trinajstić information content (AvgIpc) is 2.93. The lowest BCUT2D eigenvalue weighted by Crippen LogP contribution is -2.40. The molecule has 2 heterocycles. The summed E-state index contributed by atoms with van der Waals surface area (Å²) in [5.74, 6) is 0. The molecule has 1 amide bonds. The van der Waals surface area contributed by atoms with Crippen molar-refractivity contribution >= 4 is 23.4 Å². The number of benzene rings is 2. The van der Waals surface area contributed by atoms with E-state index in [2.05, 4.69) is 17.0 Å². The number of cyclic esters (lactones) is 1. The molecule has 2 aliphatic heterocycles.